The highest BCUT2D eigenvalue weighted by Crippen LogP contribution is 2.12. The monoisotopic (exact) mass is 254 g/mol. The third-order valence-corrected chi connectivity index (χ3v) is 2.32. The van der Waals surface area contributed by atoms with Gasteiger partial charge in [-0.15, -0.1) is 0 Å². The molecule has 0 aliphatic rings. The maximum atomic E-state index is 10.6. The Morgan fingerprint density at radius 3 is 2.50 bits per heavy atom. The van der Waals surface area contributed by atoms with Crippen molar-refractivity contribution >= 4 is 5.97 Å². The standard InChI is InChI=1S/C13H18O5/c1-10(15)17-9-13(7-14)18-8-11-3-5-12(16-2)6-4-11/h3-6,13-14H,7-9H2,1-2H3/t13-/m1/s1. The van der Waals surface area contributed by atoms with Gasteiger partial charge in [-0.25, -0.2) is 0 Å². The Kier molecular flexibility index (Phi) is 6.18. The van der Waals surface area contributed by atoms with Crippen LogP contribution in [0.25, 0.3) is 0 Å². The summed E-state index contributed by atoms with van der Waals surface area (Å²) < 4.78 is 15.3. The van der Waals surface area contributed by atoms with Crippen LogP contribution < -0.4 is 4.74 Å². The van der Waals surface area contributed by atoms with E-state index in [1.807, 2.05) is 24.3 Å². The molecule has 0 unspecified atom stereocenters. The maximum absolute atomic E-state index is 10.6. The summed E-state index contributed by atoms with van der Waals surface area (Å²) in [6.07, 6.45) is -0.504. The summed E-state index contributed by atoms with van der Waals surface area (Å²) in [4.78, 5) is 10.6. The quantitative estimate of drug-likeness (QED) is 0.739. The van der Waals surface area contributed by atoms with Crippen LogP contribution in [0.15, 0.2) is 24.3 Å². The first-order valence-corrected chi connectivity index (χ1v) is 5.64. The molecule has 0 amide bonds. The zero-order valence-electron chi connectivity index (χ0n) is 10.6. The lowest BCUT2D eigenvalue weighted by molar-refractivity contribution is -0.146. The van der Waals surface area contributed by atoms with Crippen molar-refractivity contribution in [2.45, 2.75) is 19.6 Å². The fraction of sp³-hybridized carbons (Fsp3) is 0.462. The molecule has 1 N–H and O–H groups in total. The van der Waals surface area contributed by atoms with Crippen LogP contribution in [0.2, 0.25) is 0 Å². The van der Waals surface area contributed by atoms with Gasteiger partial charge >= 0.3 is 5.97 Å². The number of esters is 1. The van der Waals surface area contributed by atoms with Crippen LogP contribution in [0.5, 0.6) is 5.75 Å². The molecule has 0 aliphatic carbocycles. The Morgan fingerprint density at radius 1 is 1.33 bits per heavy atom. The molecule has 0 radical (unpaired) electrons. The summed E-state index contributed by atoms with van der Waals surface area (Å²) in [7, 11) is 1.60. The molecule has 0 spiro atoms. The molecule has 1 atom stereocenters. The lowest BCUT2D eigenvalue weighted by Crippen LogP contribution is -2.25. The molecular weight excluding hydrogens is 236 g/mol. The van der Waals surface area contributed by atoms with Crippen molar-refractivity contribution in [1.29, 1.82) is 0 Å². The van der Waals surface area contributed by atoms with E-state index in [2.05, 4.69) is 0 Å². The summed E-state index contributed by atoms with van der Waals surface area (Å²) in [6.45, 7) is 1.53. The first-order valence-electron chi connectivity index (χ1n) is 5.64. The van der Waals surface area contributed by atoms with E-state index < -0.39 is 6.10 Å². The Bertz CT molecular complexity index is 360. The van der Waals surface area contributed by atoms with E-state index in [-0.39, 0.29) is 19.2 Å². The van der Waals surface area contributed by atoms with Crippen molar-refractivity contribution in [3.05, 3.63) is 29.8 Å². The SMILES string of the molecule is COc1ccc(CO[C@H](CO)COC(C)=O)cc1. The van der Waals surface area contributed by atoms with Crippen LogP contribution in [0.3, 0.4) is 0 Å². The summed E-state index contributed by atoms with van der Waals surface area (Å²) in [5.41, 5.74) is 0.956. The predicted octanol–water partition coefficient (Wildman–Crippen LogP) is 1.14. The van der Waals surface area contributed by atoms with Gasteiger partial charge in [0.25, 0.3) is 0 Å². The van der Waals surface area contributed by atoms with E-state index >= 15 is 0 Å². The highest BCUT2D eigenvalue weighted by atomic mass is 16.6. The Hall–Kier alpha value is -1.59. The predicted molar refractivity (Wildman–Crippen MR) is 65.3 cm³/mol. The molecule has 0 fully saturated rings. The van der Waals surface area contributed by atoms with Gasteiger partial charge in [-0.2, -0.15) is 0 Å². The van der Waals surface area contributed by atoms with Crippen LogP contribution in [-0.2, 0) is 20.9 Å². The van der Waals surface area contributed by atoms with Gasteiger partial charge in [-0.05, 0) is 17.7 Å². The number of ether oxygens (including phenoxy) is 3. The van der Waals surface area contributed by atoms with Crippen molar-refractivity contribution in [1.82, 2.24) is 0 Å². The van der Waals surface area contributed by atoms with Crippen LogP contribution in [0, 0.1) is 0 Å². The van der Waals surface area contributed by atoms with Crippen LogP contribution in [0.4, 0.5) is 0 Å². The fourth-order valence-electron chi connectivity index (χ4n) is 1.30. The lowest BCUT2D eigenvalue weighted by Gasteiger charge is -2.15. The smallest absolute Gasteiger partial charge is 0.302 e. The summed E-state index contributed by atoms with van der Waals surface area (Å²) in [6, 6.07) is 7.41. The van der Waals surface area contributed by atoms with Crippen molar-refractivity contribution in [2.75, 3.05) is 20.3 Å². The zero-order chi connectivity index (χ0) is 13.4. The lowest BCUT2D eigenvalue weighted by atomic mass is 10.2. The number of aliphatic hydroxyl groups excluding tert-OH is 1. The molecule has 1 aromatic carbocycles. The number of aliphatic hydroxyl groups is 1. The van der Waals surface area contributed by atoms with Crippen LogP contribution >= 0.6 is 0 Å². The highest BCUT2D eigenvalue weighted by Gasteiger charge is 2.10. The van der Waals surface area contributed by atoms with E-state index in [4.69, 9.17) is 19.3 Å². The number of carbonyl (C=O) groups is 1. The minimum Gasteiger partial charge on any atom is -0.497 e. The molecule has 0 bridgehead atoms. The van der Waals surface area contributed by atoms with E-state index in [1.165, 1.54) is 6.92 Å². The van der Waals surface area contributed by atoms with Gasteiger partial charge in [0.1, 0.15) is 18.5 Å². The van der Waals surface area contributed by atoms with Crippen LogP contribution in [-0.4, -0.2) is 37.5 Å². The van der Waals surface area contributed by atoms with Gasteiger partial charge < -0.3 is 19.3 Å². The second kappa shape index (κ2) is 7.68. The molecule has 0 aromatic heterocycles. The van der Waals surface area contributed by atoms with E-state index in [0.717, 1.165) is 11.3 Å². The first kappa shape index (κ1) is 14.5. The summed E-state index contributed by atoms with van der Waals surface area (Å²) in [5, 5.41) is 9.06. The number of benzene rings is 1. The highest BCUT2D eigenvalue weighted by molar-refractivity contribution is 5.65. The van der Waals surface area contributed by atoms with Gasteiger partial charge in [0.05, 0.1) is 20.3 Å². The molecular formula is C13H18O5. The number of hydrogen-bond acceptors (Lipinski definition) is 5. The molecule has 0 aliphatic heterocycles. The first-order chi connectivity index (χ1) is 8.65. The molecule has 0 saturated heterocycles. The number of carbonyl (C=O) groups excluding carboxylic acids is 1. The Morgan fingerprint density at radius 2 is 2.00 bits per heavy atom. The minimum absolute atomic E-state index is 0.0575. The minimum atomic E-state index is -0.504. The molecule has 0 saturated carbocycles. The van der Waals surface area contributed by atoms with E-state index in [9.17, 15) is 4.79 Å². The molecule has 5 heteroatoms. The summed E-state index contributed by atoms with van der Waals surface area (Å²) in [5.74, 6) is 0.388. The van der Waals surface area contributed by atoms with Gasteiger partial charge in [0.15, 0.2) is 0 Å². The number of hydrogen-bond donors (Lipinski definition) is 1. The molecule has 18 heavy (non-hydrogen) atoms. The van der Waals surface area contributed by atoms with E-state index in [1.54, 1.807) is 7.11 Å². The van der Waals surface area contributed by atoms with Crippen molar-refractivity contribution in [3.63, 3.8) is 0 Å². The van der Waals surface area contributed by atoms with Gasteiger partial charge in [0.2, 0.25) is 0 Å². The topological polar surface area (TPSA) is 65.0 Å². The average molecular weight is 254 g/mol. The van der Waals surface area contributed by atoms with Gasteiger partial charge in [0, 0.05) is 6.92 Å². The van der Waals surface area contributed by atoms with E-state index in [0.29, 0.717) is 6.61 Å². The van der Waals surface area contributed by atoms with Crippen molar-refractivity contribution in [3.8, 4) is 5.75 Å². The van der Waals surface area contributed by atoms with Gasteiger partial charge in [-0.1, -0.05) is 12.1 Å². The van der Waals surface area contributed by atoms with Crippen LogP contribution in [0.1, 0.15) is 12.5 Å². The Balaban J connectivity index is 2.38. The number of methoxy groups -OCH3 is 1. The molecule has 100 valence electrons. The fourth-order valence-corrected chi connectivity index (χ4v) is 1.30. The average Bonchev–Trinajstić information content (AvgIpc) is 2.39. The largest absolute Gasteiger partial charge is 0.497 e. The third-order valence-electron chi connectivity index (χ3n) is 2.32. The second-order valence-corrected chi connectivity index (χ2v) is 3.77. The molecule has 1 aromatic rings. The van der Waals surface area contributed by atoms with Gasteiger partial charge in [-0.3, -0.25) is 4.79 Å². The zero-order valence-corrected chi connectivity index (χ0v) is 10.6. The molecule has 0 heterocycles. The normalized spacial score (nSPS) is 11.9. The Labute approximate surface area is 106 Å². The molecule has 5 nitrogen and oxygen atoms in total. The number of rotatable bonds is 7. The summed E-state index contributed by atoms with van der Waals surface area (Å²) >= 11 is 0. The van der Waals surface area contributed by atoms with Crippen molar-refractivity contribution < 1.29 is 24.1 Å². The molecule has 1 rings (SSSR count). The maximum Gasteiger partial charge on any atom is 0.302 e. The second-order valence-electron chi connectivity index (χ2n) is 3.77. The van der Waals surface area contributed by atoms with Crippen molar-refractivity contribution in [2.24, 2.45) is 0 Å². The third kappa shape index (κ3) is 5.16.